The number of aliphatic carboxylic acids is 1. The van der Waals surface area contributed by atoms with Crippen LogP contribution < -0.4 is 0 Å². The summed E-state index contributed by atoms with van der Waals surface area (Å²) in [5.74, 6) is -2.54. The lowest BCUT2D eigenvalue weighted by Crippen LogP contribution is -2.08. The molecule has 0 heterocycles. The third-order valence-electron chi connectivity index (χ3n) is 0.585. The highest BCUT2D eigenvalue weighted by Crippen LogP contribution is 1.75. The molecule has 0 aromatic rings. The van der Waals surface area contributed by atoms with Gasteiger partial charge in [-0.15, -0.1) is 0 Å². The Labute approximate surface area is 51.4 Å². The van der Waals surface area contributed by atoms with Crippen LogP contribution in [0, 0.1) is 0 Å². The standard InChI is InChI=1S/C5H6O4/c6-3-1-2-4(7)5(8)9/h1-2,6H,3H2,(H,8,9)/b2-1-. The summed E-state index contributed by atoms with van der Waals surface area (Å²) in [6.45, 7) is -0.320. The van der Waals surface area contributed by atoms with Crippen molar-refractivity contribution in [1.29, 1.82) is 0 Å². The van der Waals surface area contributed by atoms with E-state index in [1.807, 2.05) is 0 Å². The summed E-state index contributed by atoms with van der Waals surface area (Å²) in [5, 5.41) is 16.0. The molecule has 50 valence electrons. The van der Waals surface area contributed by atoms with E-state index in [9.17, 15) is 9.59 Å². The van der Waals surface area contributed by atoms with Crippen LogP contribution in [0.15, 0.2) is 12.2 Å². The third-order valence-corrected chi connectivity index (χ3v) is 0.585. The topological polar surface area (TPSA) is 74.6 Å². The van der Waals surface area contributed by atoms with Crippen LogP contribution in [0.5, 0.6) is 0 Å². The van der Waals surface area contributed by atoms with Crippen molar-refractivity contribution in [2.24, 2.45) is 0 Å². The van der Waals surface area contributed by atoms with Gasteiger partial charge in [0.2, 0.25) is 0 Å². The molecule has 0 aliphatic heterocycles. The van der Waals surface area contributed by atoms with Gasteiger partial charge >= 0.3 is 5.97 Å². The van der Waals surface area contributed by atoms with E-state index in [0.29, 0.717) is 0 Å². The summed E-state index contributed by atoms with van der Waals surface area (Å²) in [5.41, 5.74) is 0. The lowest BCUT2D eigenvalue weighted by atomic mass is 10.3. The zero-order valence-electron chi connectivity index (χ0n) is 4.57. The first-order valence-electron chi connectivity index (χ1n) is 2.23. The summed E-state index contributed by atoms with van der Waals surface area (Å²) in [6, 6.07) is 0. The first-order valence-corrected chi connectivity index (χ1v) is 2.23. The number of hydrogen-bond acceptors (Lipinski definition) is 3. The number of carboxylic acids is 1. The van der Waals surface area contributed by atoms with E-state index < -0.39 is 11.8 Å². The van der Waals surface area contributed by atoms with E-state index in [1.165, 1.54) is 0 Å². The number of carbonyl (C=O) groups is 2. The average molecular weight is 130 g/mol. The monoisotopic (exact) mass is 130 g/mol. The largest absolute Gasteiger partial charge is 0.475 e. The van der Waals surface area contributed by atoms with Gasteiger partial charge in [-0.2, -0.15) is 0 Å². The maximum atomic E-state index is 10.1. The average Bonchev–Trinajstić information content (AvgIpc) is 1.82. The van der Waals surface area contributed by atoms with Crippen LogP contribution >= 0.6 is 0 Å². The Morgan fingerprint density at radius 2 is 2.00 bits per heavy atom. The zero-order chi connectivity index (χ0) is 7.28. The molecular weight excluding hydrogens is 124 g/mol. The number of aliphatic hydroxyl groups excluding tert-OH is 1. The molecule has 0 fully saturated rings. The van der Waals surface area contributed by atoms with E-state index in [1.54, 1.807) is 0 Å². The number of hydrogen-bond donors (Lipinski definition) is 2. The lowest BCUT2D eigenvalue weighted by molar-refractivity contribution is -0.146. The van der Waals surface area contributed by atoms with Crippen molar-refractivity contribution in [3.63, 3.8) is 0 Å². The summed E-state index contributed by atoms with van der Waals surface area (Å²) < 4.78 is 0. The number of carbonyl (C=O) groups excluding carboxylic acids is 1. The van der Waals surface area contributed by atoms with Crippen LogP contribution in [-0.4, -0.2) is 28.6 Å². The fourth-order valence-corrected chi connectivity index (χ4v) is 0.231. The Hall–Kier alpha value is -1.16. The Balaban J connectivity index is 3.77. The minimum atomic E-state index is -1.51. The molecule has 0 saturated carbocycles. The zero-order valence-corrected chi connectivity index (χ0v) is 4.57. The van der Waals surface area contributed by atoms with Crippen LogP contribution in [0.25, 0.3) is 0 Å². The SMILES string of the molecule is O=C(O)C(=O)/C=C\CO. The molecule has 0 atom stereocenters. The van der Waals surface area contributed by atoms with Crippen molar-refractivity contribution in [1.82, 2.24) is 0 Å². The van der Waals surface area contributed by atoms with Gasteiger partial charge in [0, 0.05) is 0 Å². The summed E-state index contributed by atoms with van der Waals surface area (Å²) in [7, 11) is 0. The Bertz CT molecular complexity index is 147. The van der Waals surface area contributed by atoms with E-state index >= 15 is 0 Å². The summed E-state index contributed by atoms with van der Waals surface area (Å²) in [6.07, 6.45) is 1.87. The highest BCUT2D eigenvalue weighted by Gasteiger charge is 2.04. The van der Waals surface area contributed by atoms with E-state index in [0.717, 1.165) is 12.2 Å². The Kier molecular flexibility index (Phi) is 3.31. The molecule has 0 aromatic carbocycles. The van der Waals surface area contributed by atoms with E-state index in [4.69, 9.17) is 10.2 Å². The first kappa shape index (κ1) is 7.84. The van der Waals surface area contributed by atoms with Gasteiger partial charge in [0.25, 0.3) is 5.78 Å². The van der Waals surface area contributed by atoms with Crippen LogP contribution in [0.4, 0.5) is 0 Å². The third kappa shape index (κ3) is 3.42. The second-order valence-corrected chi connectivity index (χ2v) is 1.25. The molecule has 0 amide bonds. The van der Waals surface area contributed by atoms with E-state index in [2.05, 4.69) is 0 Å². The predicted octanol–water partition coefficient (Wildman–Crippen LogP) is -0.811. The van der Waals surface area contributed by atoms with Gasteiger partial charge in [0.1, 0.15) is 0 Å². The molecule has 0 saturated heterocycles. The Morgan fingerprint density at radius 1 is 1.44 bits per heavy atom. The van der Waals surface area contributed by atoms with Gasteiger partial charge in [0.05, 0.1) is 6.61 Å². The van der Waals surface area contributed by atoms with Gasteiger partial charge < -0.3 is 10.2 Å². The van der Waals surface area contributed by atoms with Crippen molar-refractivity contribution < 1.29 is 19.8 Å². The normalized spacial score (nSPS) is 9.89. The first-order chi connectivity index (χ1) is 4.18. The molecule has 0 spiro atoms. The Morgan fingerprint density at radius 3 is 2.33 bits per heavy atom. The molecule has 0 aromatic heterocycles. The molecule has 0 rings (SSSR count). The molecule has 0 radical (unpaired) electrons. The molecule has 0 aliphatic carbocycles. The van der Waals surface area contributed by atoms with Crippen molar-refractivity contribution in [2.45, 2.75) is 0 Å². The van der Waals surface area contributed by atoms with Crippen LogP contribution in [0.2, 0.25) is 0 Å². The minimum Gasteiger partial charge on any atom is -0.475 e. The molecule has 0 aliphatic rings. The van der Waals surface area contributed by atoms with Gasteiger partial charge in [-0.05, 0) is 6.08 Å². The smallest absolute Gasteiger partial charge is 0.376 e. The molecule has 4 nitrogen and oxygen atoms in total. The van der Waals surface area contributed by atoms with E-state index in [-0.39, 0.29) is 6.61 Å². The van der Waals surface area contributed by atoms with Crippen LogP contribution in [-0.2, 0) is 9.59 Å². The summed E-state index contributed by atoms with van der Waals surface area (Å²) in [4.78, 5) is 19.8. The predicted molar refractivity (Wildman–Crippen MR) is 28.9 cm³/mol. The van der Waals surface area contributed by atoms with Crippen molar-refractivity contribution in [3.05, 3.63) is 12.2 Å². The second kappa shape index (κ2) is 3.80. The fourth-order valence-electron chi connectivity index (χ4n) is 0.231. The quantitative estimate of drug-likeness (QED) is 0.387. The maximum absolute atomic E-state index is 10.1. The maximum Gasteiger partial charge on any atom is 0.376 e. The molecule has 4 heteroatoms. The fraction of sp³-hybridized carbons (Fsp3) is 0.200. The van der Waals surface area contributed by atoms with Gasteiger partial charge in [-0.3, -0.25) is 4.79 Å². The van der Waals surface area contributed by atoms with Crippen LogP contribution in [0.1, 0.15) is 0 Å². The second-order valence-electron chi connectivity index (χ2n) is 1.25. The molecule has 2 N–H and O–H groups in total. The lowest BCUT2D eigenvalue weighted by Gasteiger charge is -1.80. The summed E-state index contributed by atoms with van der Waals surface area (Å²) >= 11 is 0. The molecule has 0 bridgehead atoms. The number of ketones is 1. The highest BCUT2D eigenvalue weighted by molar-refractivity contribution is 6.37. The minimum absolute atomic E-state index is 0.320. The number of rotatable bonds is 3. The van der Waals surface area contributed by atoms with Crippen molar-refractivity contribution in [2.75, 3.05) is 6.61 Å². The van der Waals surface area contributed by atoms with Gasteiger partial charge in [-0.1, -0.05) is 6.08 Å². The van der Waals surface area contributed by atoms with Crippen molar-refractivity contribution >= 4 is 11.8 Å². The van der Waals surface area contributed by atoms with Gasteiger partial charge in [-0.25, -0.2) is 4.79 Å². The molecular formula is C5H6O4. The number of aliphatic hydroxyl groups is 1. The highest BCUT2D eigenvalue weighted by atomic mass is 16.4. The van der Waals surface area contributed by atoms with Crippen molar-refractivity contribution in [3.8, 4) is 0 Å². The molecule has 0 unspecified atom stereocenters. The van der Waals surface area contributed by atoms with Gasteiger partial charge in [0.15, 0.2) is 0 Å². The molecule has 9 heavy (non-hydrogen) atoms. The number of carboxylic acid groups (broad SMARTS) is 1. The van der Waals surface area contributed by atoms with Crippen LogP contribution in [0.3, 0.4) is 0 Å².